The Bertz CT molecular complexity index is 395. The van der Waals surface area contributed by atoms with E-state index in [4.69, 9.17) is 5.73 Å². The molecule has 0 aliphatic heterocycles. The normalized spacial score (nSPS) is 8.57. The van der Waals surface area contributed by atoms with E-state index in [1.807, 2.05) is 0 Å². The van der Waals surface area contributed by atoms with Gasteiger partial charge in [-0.2, -0.15) is 0 Å². The van der Waals surface area contributed by atoms with Crippen molar-refractivity contribution < 1.29 is 0 Å². The molecule has 14 heavy (non-hydrogen) atoms. The van der Waals surface area contributed by atoms with Crippen molar-refractivity contribution in [1.29, 1.82) is 0 Å². The maximum atomic E-state index is 10.1. The van der Waals surface area contributed by atoms with Crippen molar-refractivity contribution in [3.05, 3.63) is 53.5 Å². The molecule has 3 N–H and O–H groups in total. The molecule has 0 aliphatic carbocycles. The second kappa shape index (κ2) is 5.47. The predicted octanol–water partition coefficient (Wildman–Crippen LogP) is 0.434. The standard InChI is InChI=1S/C5H6N2.C4H4N2O/c6-5-2-1-3-7-4-5;7-4-5-2-1-3-6-4/h1-4H,6H2;1-3H,(H,5,6,7). The number of H-pyrrole nitrogens is 1. The Hall–Kier alpha value is -2.17. The minimum absolute atomic E-state index is 0.303. The number of hydrogen-bond acceptors (Lipinski definition) is 4. The van der Waals surface area contributed by atoms with Crippen molar-refractivity contribution in [2.24, 2.45) is 0 Å². The van der Waals surface area contributed by atoms with Gasteiger partial charge in [0.15, 0.2) is 0 Å². The average Bonchev–Trinajstić information content (AvgIpc) is 2.21. The van der Waals surface area contributed by atoms with Crippen molar-refractivity contribution in [3.63, 3.8) is 0 Å². The molecule has 0 spiro atoms. The number of aromatic amines is 1. The summed E-state index contributed by atoms with van der Waals surface area (Å²) in [7, 11) is 0. The highest BCUT2D eigenvalue weighted by Crippen LogP contribution is 1.92. The van der Waals surface area contributed by atoms with E-state index in [2.05, 4.69) is 15.0 Å². The molecule has 5 nitrogen and oxygen atoms in total. The van der Waals surface area contributed by atoms with E-state index in [0.717, 1.165) is 0 Å². The lowest BCUT2D eigenvalue weighted by Crippen LogP contribution is -2.05. The summed E-state index contributed by atoms with van der Waals surface area (Å²) in [5, 5.41) is 0. The third kappa shape index (κ3) is 4.01. The summed E-state index contributed by atoms with van der Waals surface area (Å²) in [5.74, 6) is 0. The topological polar surface area (TPSA) is 84.7 Å². The average molecular weight is 190 g/mol. The van der Waals surface area contributed by atoms with Crippen molar-refractivity contribution in [1.82, 2.24) is 15.0 Å². The van der Waals surface area contributed by atoms with Gasteiger partial charge in [0.25, 0.3) is 0 Å². The summed E-state index contributed by atoms with van der Waals surface area (Å²) in [4.78, 5) is 19.6. The van der Waals surface area contributed by atoms with E-state index in [9.17, 15) is 4.79 Å². The molecular weight excluding hydrogens is 180 g/mol. The van der Waals surface area contributed by atoms with Crippen molar-refractivity contribution in [2.75, 3.05) is 5.73 Å². The Morgan fingerprint density at radius 2 is 2.14 bits per heavy atom. The number of nitrogens with zero attached hydrogens (tertiary/aromatic N) is 2. The molecule has 0 aromatic carbocycles. The van der Waals surface area contributed by atoms with Crippen LogP contribution >= 0.6 is 0 Å². The van der Waals surface area contributed by atoms with Crippen molar-refractivity contribution in [2.45, 2.75) is 0 Å². The highest BCUT2D eigenvalue weighted by Gasteiger charge is 1.73. The van der Waals surface area contributed by atoms with E-state index < -0.39 is 0 Å². The Morgan fingerprint density at radius 3 is 2.43 bits per heavy atom. The molecule has 0 radical (unpaired) electrons. The Balaban J connectivity index is 0.000000140. The van der Waals surface area contributed by atoms with Crippen LogP contribution in [0.5, 0.6) is 0 Å². The van der Waals surface area contributed by atoms with E-state index in [0.29, 0.717) is 5.69 Å². The number of nitrogens with two attached hydrogens (primary N) is 1. The van der Waals surface area contributed by atoms with Crippen LogP contribution in [0.3, 0.4) is 0 Å². The van der Waals surface area contributed by atoms with E-state index in [1.165, 1.54) is 12.4 Å². The number of pyridine rings is 1. The first-order chi connectivity index (χ1) is 6.79. The minimum atomic E-state index is -0.303. The molecule has 5 heteroatoms. The molecule has 2 rings (SSSR count). The van der Waals surface area contributed by atoms with Crippen molar-refractivity contribution >= 4 is 5.69 Å². The van der Waals surface area contributed by atoms with Crippen LogP contribution in [0, 0.1) is 0 Å². The summed E-state index contributed by atoms with van der Waals surface area (Å²) >= 11 is 0. The maximum Gasteiger partial charge on any atom is 0.344 e. The number of anilines is 1. The highest BCUT2D eigenvalue weighted by atomic mass is 16.1. The number of rotatable bonds is 0. The first-order valence-electron chi connectivity index (χ1n) is 3.94. The predicted molar refractivity (Wildman–Crippen MR) is 53.5 cm³/mol. The van der Waals surface area contributed by atoms with Gasteiger partial charge < -0.3 is 10.7 Å². The van der Waals surface area contributed by atoms with Crippen LogP contribution in [-0.4, -0.2) is 15.0 Å². The van der Waals surface area contributed by atoms with Crippen LogP contribution in [0.15, 0.2) is 47.8 Å². The molecular formula is C9H10N4O. The fraction of sp³-hybridized carbons (Fsp3) is 0. The zero-order valence-electron chi connectivity index (χ0n) is 7.42. The smallest absolute Gasteiger partial charge is 0.344 e. The van der Waals surface area contributed by atoms with Gasteiger partial charge in [-0.05, 0) is 18.2 Å². The zero-order valence-corrected chi connectivity index (χ0v) is 7.42. The third-order valence-corrected chi connectivity index (χ3v) is 1.27. The molecule has 0 fully saturated rings. The molecule has 0 bridgehead atoms. The highest BCUT2D eigenvalue weighted by molar-refractivity contribution is 5.32. The zero-order chi connectivity index (χ0) is 10.2. The second-order valence-electron chi connectivity index (χ2n) is 2.37. The molecule has 72 valence electrons. The summed E-state index contributed by atoms with van der Waals surface area (Å²) < 4.78 is 0. The SMILES string of the molecule is Nc1cccnc1.O=c1nccc[nH]1. The molecule has 0 amide bonds. The summed E-state index contributed by atoms with van der Waals surface area (Å²) in [6.07, 6.45) is 6.28. The number of aromatic nitrogens is 3. The molecule has 0 saturated carbocycles. The van der Waals surface area contributed by atoms with Crippen LogP contribution in [0.2, 0.25) is 0 Å². The molecule has 0 aliphatic rings. The van der Waals surface area contributed by atoms with Gasteiger partial charge in [-0.25, -0.2) is 9.78 Å². The van der Waals surface area contributed by atoms with Crippen LogP contribution in [-0.2, 0) is 0 Å². The summed E-state index contributed by atoms with van der Waals surface area (Å²) in [6.45, 7) is 0. The van der Waals surface area contributed by atoms with Gasteiger partial charge in [-0.1, -0.05) is 0 Å². The van der Waals surface area contributed by atoms with E-state index in [1.54, 1.807) is 30.6 Å². The Labute approximate surface area is 80.7 Å². The number of hydrogen-bond donors (Lipinski definition) is 2. The third-order valence-electron chi connectivity index (χ3n) is 1.27. The van der Waals surface area contributed by atoms with Gasteiger partial charge >= 0.3 is 5.69 Å². The van der Waals surface area contributed by atoms with Gasteiger partial charge in [0, 0.05) is 24.8 Å². The fourth-order valence-electron chi connectivity index (χ4n) is 0.686. The lowest BCUT2D eigenvalue weighted by atomic mass is 10.4. The molecule has 0 saturated heterocycles. The molecule has 2 aromatic rings. The number of nitrogens with one attached hydrogen (secondary N) is 1. The molecule has 2 heterocycles. The molecule has 2 aromatic heterocycles. The minimum Gasteiger partial charge on any atom is -0.397 e. The molecule has 0 unspecified atom stereocenters. The number of nitrogen functional groups attached to an aromatic ring is 1. The van der Waals surface area contributed by atoms with Crippen LogP contribution < -0.4 is 11.4 Å². The lowest BCUT2D eigenvalue weighted by Gasteiger charge is -1.83. The Kier molecular flexibility index (Phi) is 3.87. The lowest BCUT2D eigenvalue weighted by molar-refractivity contribution is 1.08. The van der Waals surface area contributed by atoms with Crippen LogP contribution in [0.1, 0.15) is 0 Å². The van der Waals surface area contributed by atoms with Gasteiger partial charge in [-0.15, -0.1) is 0 Å². The van der Waals surface area contributed by atoms with Gasteiger partial charge in [0.05, 0.1) is 5.69 Å². The van der Waals surface area contributed by atoms with Gasteiger partial charge in [-0.3, -0.25) is 4.98 Å². The van der Waals surface area contributed by atoms with Crippen molar-refractivity contribution in [3.8, 4) is 0 Å². The van der Waals surface area contributed by atoms with E-state index >= 15 is 0 Å². The monoisotopic (exact) mass is 190 g/mol. The quantitative estimate of drug-likeness (QED) is 0.631. The maximum absolute atomic E-state index is 10.1. The first-order valence-corrected chi connectivity index (χ1v) is 3.94. The first kappa shape index (κ1) is 9.91. The largest absolute Gasteiger partial charge is 0.397 e. The Morgan fingerprint density at radius 1 is 1.29 bits per heavy atom. The fourth-order valence-corrected chi connectivity index (χ4v) is 0.686. The van der Waals surface area contributed by atoms with Gasteiger partial charge in [0.1, 0.15) is 0 Å². The van der Waals surface area contributed by atoms with E-state index in [-0.39, 0.29) is 5.69 Å². The molecule has 0 atom stereocenters. The van der Waals surface area contributed by atoms with Crippen LogP contribution in [0.4, 0.5) is 5.69 Å². The van der Waals surface area contributed by atoms with Crippen LogP contribution in [0.25, 0.3) is 0 Å². The summed E-state index contributed by atoms with van der Waals surface area (Å²) in [6, 6.07) is 5.25. The van der Waals surface area contributed by atoms with Gasteiger partial charge in [0.2, 0.25) is 0 Å². The second-order valence-corrected chi connectivity index (χ2v) is 2.37. The summed E-state index contributed by atoms with van der Waals surface area (Å²) in [5.41, 5.74) is 5.70.